The van der Waals surface area contributed by atoms with E-state index in [4.69, 9.17) is 5.21 Å². The van der Waals surface area contributed by atoms with Crippen molar-refractivity contribution < 1.29 is 10.0 Å². The first kappa shape index (κ1) is 12.2. The standard InChI is InChI=1S/C12H14N4O2/c1-8(12(17)9(2)14-18)7-16-11-6-4-3-5-10(11)13-15-16/h3-6,8,18H,7H2,1-2H3/b14-9-. The quantitative estimate of drug-likeness (QED) is 0.503. The van der Waals surface area contributed by atoms with Crippen LogP contribution in [0.5, 0.6) is 0 Å². The molecular formula is C12H14N4O2. The third kappa shape index (κ3) is 2.22. The molecule has 0 bridgehead atoms. The zero-order valence-electron chi connectivity index (χ0n) is 10.2. The van der Waals surface area contributed by atoms with Crippen LogP contribution in [0.3, 0.4) is 0 Å². The van der Waals surface area contributed by atoms with Crippen molar-refractivity contribution in [3.8, 4) is 0 Å². The highest BCUT2D eigenvalue weighted by atomic mass is 16.4. The molecule has 94 valence electrons. The minimum Gasteiger partial charge on any atom is -0.411 e. The Morgan fingerprint density at radius 2 is 2.22 bits per heavy atom. The van der Waals surface area contributed by atoms with Crippen LogP contribution in [0.25, 0.3) is 11.0 Å². The lowest BCUT2D eigenvalue weighted by atomic mass is 10.0. The van der Waals surface area contributed by atoms with Crippen LogP contribution in [-0.4, -0.2) is 31.7 Å². The topological polar surface area (TPSA) is 80.4 Å². The van der Waals surface area contributed by atoms with E-state index in [1.54, 1.807) is 11.6 Å². The number of nitrogens with zero attached hydrogens (tertiary/aromatic N) is 4. The SMILES string of the molecule is C/C(=N/O)C(=O)C(C)Cn1nnc2ccccc21. The Kier molecular flexibility index (Phi) is 3.36. The molecule has 0 aliphatic rings. The van der Waals surface area contributed by atoms with Crippen molar-refractivity contribution in [2.45, 2.75) is 20.4 Å². The molecule has 0 aliphatic carbocycles. The molecule has 2 rings (SSSR count). The molecule has 0 amide bonds. The van der Waals surface area contributed by atoms with Crippen molar-refractivity contribution in [1.29, 1.82) is 0 Å². The second-order valence-corrected chi connectivity index (χ2v) is 4.21. The Bertz CT molecular complexity index is 603. The van der Waals surface area contributed by atoms with Crippen molar-refractivity contribution in [1.82, 2.24) is 15.0 Å². The Labute approximate surface area is 104 Å². The van der Waals surface area contributed by atoms with E-state index in [9.17, 15) is 4.79 Å². The van der Waals surface area contributed by atoms with E-state index < -0.39 is 0 Å². The maximum atomic E-state index is 11.8. The highest BCUT2D eigenvalue weighted by molar-refractivity contribution is 6.39. The summed E-state index contributed by atoms with van der Waals surface area (Å²) in [6.45, 7) is 3.66. The minimum absolute atomic E-state index is 0.104. The van der Waals surface area contributed by atoms with E-state index >= 15 is 0 Å². The smallest absolute Gasteiger partial charge is 0.184 e. The van der Waals surface area contributed by atoms with Gasteiger partial charge in [0.2, 0.25) is 0 Å². The molecule has 0 saturated carbocycles. The van der Waals surface area contributed by atoms with Gasteiger partial charge in [0.1, 0.15) is 11.2 Å². The van der Waals surface area contributed by atoms with Crippen LogP contribution < -0.4 is 0 Å². The first-order valence-electron chi connectivity index (χ1n) is 5.64. The highest BCUT2D eigenvalue weighted by Crippen LogP contribution is 2.12. The predicted octanol–water partition coefficient (Wildman–Crippen LogP) is 1.49. The summed E-state index contributed by atoms with van der Waals surface area (Å²) >= 11 is 0. The van der Waals surface area contributed by atoms with Crippen molar-refractivity contribution in [2.75, 3.05) is 0 Å². The highest BCUT2D eigenvalue weighted by Gasteiger charge is 2.18. The van der Waals surface area contributed by atoms with Crippen LogP contribution in [0.15, 0.2) is 29.4 Å². The number of aromatic nitrogens is 3. The molecule has 1 aromatic heterocycles. The molecule has 1 heterocycles. The molecule has 18 heavy (non-hydrogen) atoms. The molecule has 6 nitrogen and oxygen atoms in total. The summed E-state index contributed by atoms with van der Waals surface area (Å²) in [5.74, 6) is -0.511. The van der Waals surface area contributed by atoms with E-state index in [1.165, 1.54) is 6.92 Å². The van der Waals surface area contributed by atoms with Crippen molar-refractivity contribution in [2.24, 2.45) is 11.1 Å². The average molecular weight is 246 g/mol. The van der Waals surface area contributed by atoms with Gasteiger partial charge in [-0.2, -0.15) is 0 Å². The van der Waals surface area contributed by atoms with Gasteiger partial charge in [-0.1, -0.05) is 29.4 Å². The average Bonchev–Trinajstić information content (AvgIpc) is 2.80. The lowest BCUT2D eigenvalue weighted by molar-refractivity contribution is -0.116. The van der Waals surface area contributed by atoms with Crippen molar-refractivity contribution >= 4 is 22.5 Å². The predicted molar refractivity (Wildman–Crippen MR) is 66.6 cm³/mol. The number of carbonyl (C=O) groups excluding carboxylic acids is 1. The number of hydrogen-bond acceptors (Lipinski definition) is 5. The number of carbonyl (C=O) groups is 1. The number of para-hydroxylation sites is 1. The molecule has 0 fully saturated rings. The lowest BCUT2D eigenvalue weighted by Crippen LogP contribution is -2.24. The van der Waals surface area contributed by atoms with Gasteiger partial charge in [-0.15, -0.1) is 5.10 Å². The van der Waals surface area contributed by atoms with Crippen molar-refractivity contribution in [3.63, 3.8) is 0 Å². The minimum atomic E-state index is -0.314. The Morgan fingerprint density at radius 1 is 1.50 bits per heavy atom. The van der Waals surface area contributed by atoms with Crippen LogP contribution in [0.4, 0.5) is 0 Å². The van der Waals surface area contributed by atoms with E-state index in [0.717, 1.165) is 11.0 Å². The van der Waals surface area contributed by atoms with Gasteiger partial charge < -0.3 is 5.21 Å². The summed E-state index contributed by atoms with van der Waals surface area (Å²) in [5.41, 5.74) is 1.78. The van der Waals surface area contributed by atoms with Crippen molar-refractivity contribution in [3.05, 3.63) is 24.3 Å². The summed E-state index contributed by atoms with van der Waals surface area (Å²) in [7, 11) is 0. The molecule has 0 aliphatic heterocycles. The fourth-order valence-corrected chi connectivity index (χ4v) is 1.80. The molecule has 1 atom stereocenters. The summed E-state index contributed by atoms with van der Waals surface area (Å²) in [6, 6.07) is 7.55. The molecule has 1 N–H and O–H groups in total. The molecule has 2 aromatic rings. The zero-order chi connectivity index (χ0) is 13.1. The molecule has 0 radical (unpaired) electrons. The summed E-state index contributed by atoms with van der Waals surface area (Å²) in [5, 5.41) is 19.5. The molecule has 6 heteroatoms. The van der Waals surface area contributed by atoms with Crippen LogP contribution in [0.2, 0.25) is 0 Å². The molecule has 1 unspecified atom stereocenters. The normalized spacial score (nSPS) is 13.8. The third-order valence-electron chi connectivity index (χ3n) is 2.82. The fourth-order valence-electron chi connectivity index (χ4n) is 1.80. The summed E-state index contributed by atoms with van der Waals surface area (Å²) < 4.78 is 1.68. The Morgan fingerprint density at radius 3 is 2.94 bits per heavy atom. The molecule has 0 saturated heterocycles. The van der Waals surface area contributed by atoms with Gasteiger partial charge in [0, 0.05) is 5.92 Å². The maximum absolute atomic E-state index is 11.8. The van der Waals surface area contributed by atoms with Gasteiger partial charge in [-0.25, -0.2) is 4.68 Å². The van der Waals surface area contributed by atoms with E-state index in [-0.39, 0.29) is 17.4 Å². The number of fused-ring (bicyclic) bond motifs is 1. The number of benzene rings is 1. The second kappa shape index (κ2) is 4.95. The van der Waals surface area contributed by atoms with Gasteiger partial charge in [0.05, 0.1) is 12.1 Å². The first-order chi connectivity index (χ1) is 8.63. The van der Waals surface area contributed by atoms with Crippen LogP contribution >= 0.6 is 0 Å². The van der Waals surface area contributed by atoms with Crippen LogP contribution in [0.1, 0.15) is 13.8 Å². The Balaban J connectivity index is 2.22. The van der Waals surface area contributed by atoms with Crippen LogP contribution in [-0.2, 0) is 11.3 Å². The van der Waals surface area contributed by atoms with E-state index in [2.05, 4.69) is 15.5 Å². The number of ketones is 1. The number of oxime groups is 1. The lowest BCUT2D eigenvalue weighted by Gasteiger charge is -2.09. The number of hydrogen-bond donors (Lipinski definition) is 1. The van der Waals surface area contributed by atoms with Gasteiger partial charge in [-0.3, -0.25) is 4.79 Å². The monoisotopic (exact) mass is 246 g/mol. The molecular weight excluding hydrogens is 232 g/mol. The summed E-state index contributed by atoms with van der Waals surface area (Å²) in [4.78, 5) is 11.8. The number of rotatable bonds is 4. The third-order valence-corrected chi connectivity index (χ3v) is 2.82. The second-order valence-electron chi connectivity index (χ2n) is 4.21. The Hall–Kier alpha value is -2.24. The number of Topliss-reactive ketones (excluding diaryl/α,β-unsaturated/α-hetero) is 1. The van der Waals surface area contributed by atoms with E-state index in [0.29, 0.717) is 6.54 Å². The van der Waals surface area contributed by atoms with Crippen LogP contribution in [0, 0.1) is 5.92 Å². The zero-order valence-corrected chi connectivity index (χ0v) is 10.2. The maximum Gasteiger partial charge on any atom is 0.184 e. The first-order valence-corrected chi connectivity index (χ1v) is 5.64. The van der Waals surface area contributed by atoms with Gasteiger partial charge in [0.15, 0.2) is 5.78 Å². The van der Waals surface area contributed by atoms with E-state index in [1.807, 2.05) is 24.3 Å². The molecule has 1 aromatic carbocycles. The van der Waals surface area contributed by atoms with Gasteiger partial charge in [-0.05, 0) is 19.1 Å². The molecule has 0 spiro atoms. The van der Waals surface area contributed by atoms with Gasteiger partial charge in [0.25, 0.3) is 0 Å². The van der Waals surface area contributed by atoms with Gasteiger partial charge >= 0.3 is 0 Å². The fraction of sp³-hybridized carbons (Fsp3) is 0.333. The summed E-state index contributed by atoms with van der Waals surface area (Å²) in [6.07, 6.45) is 0. The largest absolute Gasteiger partial charge is 0.411 e.